The lowest BCUT2D eigenvalue weighted by Gasteiger charge is -2.34. The predicted molar refractivity (Wildman–Crippen MR) is 127 cm³/mol. The second-order valence-corrected chi connectivity index (χ2v) is 8.55. The molecule has 32 heavy (non-hydrogen) atoms. The molecule has 4 aromatic rings. The van der Waals surface area contributed by atoms with Crippen LogP contribution in [0.1, 0.15) is 41.9 Å². The van der Waals surface area contributed by atoms with E-state index in [1.165, 1.54) is 22.5 Å². The molecule has 5 rings (SSSR count). The van der Waals surface area contributed by atoms with E-state index >= 15 is 0 Å². The average molecular weight is 428 g/mol. The molecule has 6 nitrogen and oxygen atoms in total. The number of hydrogen-bond donors (Lipinski definition) is 0. The highest BCUT2D eigenvalue weighted by molar-refractivity contribution is 5.59. The number of anilines is 1. The van der Waals surface area contributed by atoms with Crippen LogP contribution < -0.4 is 9.64 Å². The second-order valence-electron chi connectivity index (χ2n) is 8.55. The van der Waals surface area contributed by atoms with Crippen LogP contribution in [-0.2, 0) is 6.42 Å². The zero-order valence-electron chi connectivity index (χ0n) is 19.1. The quantitative estimate of drug-likeness (QED) is 0.439. The number of hydrogen-bond acceptors (Lipinski definition) is 4. The smallest absolute Gasteiger partial charge is 0.145 e. The zero-order valence-corrected chi connectivity index (χ0v) is 19.1. The summed E-state index contributed by atoms with van der Waals surface area (Å²) in [6.07, 6.45) is 7.94. The van der Waals surface area contributed by atoms with Gasteiger partial charge in [-0.2, -0.15) is 5.10 Å². The Kier molecular flexibility index (Phi) is 5.21. The fourth-order valence-electron chi connectivity index (χ4n) is 4.59. The fourth-order valence-corrected chi connectivity index (χ4v) is 4.59. The van der Waals surface area contributed by atoms with Crippen LogP contribution >= 0.6 is 0 Å². The minimum atomic E-state index is 0.300. The van der Waals surface area contributed by atoms with Gasteiger partial charge in [-0.3, -0.25) is 0 Å². The molecule has 0 spiro atoms. The maximum atomic E-state index is 5.72. The molecule has 1 aliphatic heterocycles. The van der Waals surface area contributed by atoms with Crippen LogP contribution in [0.15, 0.2) is 61.2 Å². The Labute approximate surface area is 189 Å². The minimum Gasteiger partial charge on any atom is -0.494 e. The highest BCUT2D eigenvalue weighted by Crippen LogP contribution is 2.36. The SMILES string of the molecule is COc1cc(-n2ncc3c2CCCN3C(C)c2ccc(C)cc2)ccc1-n1cnc(C)c1. The molecule has 1 aliphatic rings. The molecule has 0 radical (unpaired) electrons. The van der Waals surface area contributed by atoms with Gasteiger partial charge in [0.15, 0.2) is 0 Å². The molecule has 2 aromatic carbocycles. The van der Waals surface area contributed by atoms with Crippen LogP contribution in [0.3, 0.4) is 0 Å². The van der Waals surface area contributed by atoms with Gasteiger partial charge in [0.25, 0.3) is 0 Å². The molecule has 0 aliphatic carbocycles. The van der Waals surface area contributed by atoms with Crippen LogP contribution in [0, 0.1) is 13.8 Å². The van der Waals surface area contributed by atoms with Crippen molar-refractivity contribution < 1.29 is 4.74 Å². The van der Waals surface area contributed by atoms with E-state index in [9.17, 15) is 0 Å². The van der Waals surface area contributed by atoms with Crippen molar-refractivity contribution in [1.29, 1.82) is 0 Å². The lowest BCUT2D eigenvalue weighted by molar-refractivity contribution is 0.412. The van der Waals surface area contributed by atoms with Gasteiger partial charge in [-0.15, -0.1) is 0 Å². The van der Waals surface area contributed by atoms with E-state index < -0.39 is 0 Å². The average Bonchev–Trinajstić information content (AvgIpc) is 3.45. The first-order valence-corrected chi connectivity index (χ1v) is 11.1. The van der Waals surface area contributed by atoms with Crippen LogP contribution in [0.2, 0.25) is 0 Å². The molecule has 1 unspecified atom stereocenters. The summed E-state index contributed by atoms with van der Waals surface area (Å²) in [7, 11) is 1.70. The number of nitrogens with zero attached hydrogens (tertiary/aromatic N) is 5. The predicted octanol–water partition coefficient (Wildman–Crippen LogP) is 5.20. The summed E-state index contributed by atoms with van der Waals surface area (Å²) in [6.45, 7) is 7.43. The molecule has 0 saturated heterocycles. The Balaban J connectivity index is 1.49. The Bertz CT molecular complexity index is 1240. The molecule has 0 amide bonds. The summed E-state index contributed by atoms with van der Waals surface area (Å²) in [5.74, 6) is 0.796. The first kappa shape index (κ1) is 20.4. The van der Waals surface area contributed by atoms with Gasteiger partial charge in [0.1, 0.15) is 5.75 Å². The lowest BCUT2D eigenvalue weighted by Crippen LogP contribution is -2.32. The first-order chi connectivity index (χ1) is 15.5. The van der Waals surface area contributed by atoms with Gasteiger partial charge >= 0.3 is 0 Å². The van der Waals surface area contributed by atoms with E-state index in [2.05, 4.69) is 70.9 Å². The van der Waals surface area contributed by atoms with Crippen LogP contribution in [-0.4, -0.2) is 33.0 Å². The first-order valence-electron chi connectivity index (χ1n) is 11.1. The summed E-state index contributed by atoms with van der Waals surface area (Å²) >= 11 is 0. The van der Waals surface area contributed by atoms with Gasteiger partial charge in [0.2, 0.25) is 0 Å². The van der Waals surface area contributed by atoms with E-state index in [-0.39, 0.29) is 0 Å². The van der Waals surface area contributed by atoms with E-state index in [4.69, 9.17) is 9.84 Å². The molecule has 1 atom stereocenters. The van der Waals surface area contributed by atoms with Gasteiger partial charge in [-0.1, -0.05) is 29.8 Å². The topological polar surface area (TPSA) is 48.1 Å². The van der Waals surface area contributed by atoms with Gasteiger partial charge in [0.05, 0.1) is 54.1 Å². The number of rotatable bonds is 5. The van der Waals surface area contributed by atoms with E-state index in [1.54, 1.807) is 7.11 Å². The highest BCUT2D eigenvalue weighted by Gasteiger charge is 2.26. The fraction of sp³-hybridized carbons (Fsp3) is 0.308. The van der Waals surface area contributed by atoms with Gasteiger partial charge in [0, 0.05) is 18.8 Å². The third-order valence-electron chi connectivity index (χ3n) is 6.39. The largest absolute Gasteiger partial charge is 0.494 e. The molecule has 0 saturated carbocycles. The van der Waals surface area contributed by atoms with Crippen molar-refractivity contribution in [2.75, 3.05) is 18.6 Å². The van der Waals surface area contributed by atoms with Crippen molar-refractivity contribution in [3.8, 4) is 17.1 Å². The molecular weight excluding hydrogens is 398 g/mol. The monoisotopic (exact) mass is 427 g/mol. The molecule has 164 valence electrons. The zero-order chi connectivity index (χ0) is 22.2. The number of aryl methyl sites for hydroxylation is 2. The second kappa shape index (κ2) is 8.19. The number of fused-ring (bicyclic) bond motifs is 1. The summed E-state index contributed by atoms with van der Waals surface area (Å²) < 4.78 is 9.77. The molecule has 0 fully saturated rings. The normalized spacial score (nSPS) is 14.3. The van der Waals surface area contributed by atoms with Crippen molar-refractivity contribution in [2.24, 2.45) is 0 Å². The van der Waals surface area contributed by atoms with Crippen molar-refractivity contribution in [2.45, 2.75) is 39.7 Å². The number of methoxy groups -OCH3 is 1. The van der Waals surface area contributed by atoms with Crippen molar-refractivity contribution in [3.63, 3.8) is 0 Å². The highest BCUT2D eigenvalue weighted by atomic mass is 16.5. The summed E-state index contributed by atoms with van der Waals surface area (Å²) in [5.41, 5.74) is 8.04. The maximum Gasteiger partial charge on any atom is 0.145 e. The molecule has 6 heteroatoms. The number of aromatic nitrogens is 4. The molecular formula is C26H29N5O. The Morgan fingerprint density at radius 1 is 1.03 bits per heavy atom. The van der Waals surface area contributed by atoms with Gasteiger partial charge in [-0.05, 0) is 51.3 Å². The van der Waals surface area contributed by atoms with E-state index in [0.29, 0.717) is 6.04 Å². The van der Waals surface area contributed by atoms with Gasteiger partial charge in [-0.25, -0.2) is 9.67 Å². The maximum absolute atomic E-state index is 5.72. The Morgan fingerprint density at radius 2 is 1.84 bits per heavy atom. The van der Waals surface area contributed by atoms with Crippen molar-refractivity contribution in [1.82, 2.24) is 19.3 Å². The number of benzene rings is 2. The summed E-state index contributed by atoms with van der Waals surface area (Å²) in [4.78, 5) is 6.82. The van der Waals surface area contributed by atoms with E-state index in [1.807, 2.05) is 30.2 Å². The number of imidazole rings is 1. The minimum absolute atomic E-state index is 0.300. The third-order valence-corrected chi connectivity index (χ3v) is 6.39. The van der Waals surface area contributed by atoms with Crippen LogP contribution in [0.25, 0.3) is 11.4 Å². The molecule has 0 bridgehead atoms. The molecule has 3 heterocycles. The number of ether oxygens (including phenoxy) is 1. The van der Waals surface area contributed by atoms with Crippen LogP contribution in [0.5, 0.6) is 5.75 Å². The van der Waals surface area contributed by atoms with Gasteiger partial charge < -0.3 is 14.2 Å². The third kappa shape index (κ3) is 3.55. The van der Waals surface area contributed by atoms with E-state index in [0.717, 1.165) is 42.2 Å². The molecule has 0 N–H and O–H groups in total. The van der Waals surface area contributed by atoms with Crippen molar-refractivity contribution >= 4 is 5.69 Å². The Morgan fingerprint density at radius 3 is 2.56 bits per heavy atom. The molecule has 2 aromatic heterocycles. The summed E-state index contributed by atoms with van der Waals surface area (Å²) in [6, 6.07) is 15.4. The standard InChI is InChI=1S/C26H29N5O/c1-18-7-9-21(10-8-18)20(3)30-13-5-6-23-25(30)15-28-31(23)22-11-12-24(26(14-22)32-4)29-16-19(2)27-17-29/h7-12,14-17,20H,5-6,13H2,1-4H3. The Hall–Kier alpha value is -3.54. The summed E-state index contributed by atoms with van der Waals surface area (Å²) in [5, 5.41) is 4.79. The van der Waals surface area contributed by atoms with Crippen LogP contribution in [0.4, 0.5) is 5.69 Å². The van der Waals surface area contributed by atoms with Crippen molar-refractivity contribution in [3.05, 3.63) is 83.7 Å². The lowest BCUT2D eigenvalue weighted by atomic mass is 10.0.